The van der Waals surface area contributed by atoms with Gasteiger partial charge in [0.15, 0.2) is 11.6 Å². The highest BCUT2D eigenvalue weighted by Gasteiger charge is 2.18. The average Bonchev–Trinajstić information content (AvgIpc) is 3.54. The Morgan fingerprint density at radius 2 is 0.944 bits per heavy atom. The number of rotatable bonds is 4. The summed E-state index contributed by atoms with van der Waals surface area (Å²) in [4.78, 5) is 4.93. The summed E-state index contributed by atoms with van der Waals surface area (Å²) in [5.41, 5.74) is 5.30. The molecule has 3 heterocycles. The normalized spacial score (nSPS) is 11.3. The highest BCUT2D eigenvalue weighted by molar-refractivity contribution is 6.09. The Kier molecular flexibility index (Phi) is 4.71. The van der Waals surface area contributed by atoms with Crippen molar-refractivity contribution < 1.29 is 0 Å². The fourth-order valence-electron chi connectivity index (χ4n) is 4.89. The molecule has 0 saturated heterocycles. The molecule has 0 aliphatic carbocycles. The minimum Gasteiger partial charge on any atom is -0.308 e. The summed E-state index contributed by atoms with van der Waals surface area (Å²) in [6.07, 6.45) is 1.93. The summed E-state index contributed by atoms with van der Waals surface area (Å²) in [5.74, 6) is 2.28. The first-order valence-corrected chi connectivity index (χ1v) is 11.9. The Morgan fingerprint density at radius 1 is 0.444 bits per heavy atom. The van der Waals surface area contributed by atoms with Crippen LogP contribution in [0.25, 0.3) is 56.1 Å². The fraction of sp³-hybridized carbons (Fsp3) is 0. The van der Waals surface area contributed by atoms with Gasteiger partial charge in [-0.1, -0.05) is 97.1 Å². The molecule has 0 fully saturated rings. The largest absolute Gasteiger partial charge is 0.308 e. The van der Waals surface area contributed by atoms with Gasteiger partial charge in [0, 0.05) is 21.9 Å². The zero-order valence-corrected chi connectivity index (χ0v) is 19.4. The number of hydrogen-bond acceptors (Lipinski definition) is 3. The molecule has 0 aliphatic heterocycles. The molecule has 0 bridgehead atoms. The summed E-state index contributed by atoms with van der Waals surface area (Å²) in [5, 5.41) is 11.6. The van der Waals surface area contributed by atoms with E-state index in [2.05, 4.69) is 69.4 Å². The zero-order valence-electron chi connectivity index (χ0n) is 19.4. The van der Waals surface area contributed by atoms with Gasteiger partial charge in [-0.25, -0.2) is 4.98 Å². The van der Waals surface area contributed by atoms with Crippen molar-refractivity contribution in [2.75, 3.05) is 0 Å². The van der Waals surface area contributed by atoms with Crippen molar-refractivity contribution in [1.29, 1.82) is 0 Å². The SMILES string of the molecule is c1ccc(-c2nnc(-c3ccccc3)n2-c2ccc(-n3c4ccccc4c4ccccc43)cn2)cc1. The van der Waals surface area contributed by atoms with Crippen LogP contribution in [0.5, 0.6) is 0 Å². The summed E-state index contributed by atoms with van der Waals surface area (Å²) < 4.78 is 4.30. The number of aromatic nitrogens is 5. The summed E-state index contributed by atoms with van der Waals surface area (Å²) in [7, 11) is 0. The number of fused-ring (bicyclic) bond motifs is 3. The lowest BCUT2D eigenvalue weighted by molar-refractivity contribution is 0.995. The van der Waals surface area contributed by atoms with Crippen molar-refractivity contribution in [2.24, 2.45) is 0 Å². The van der Waals surface area contributed by atoms with E-state index in [-0.39, 0.29) is 0 Å². The second-order valence-corrected chi connectivity index (χ2v) is 8.66. The van der Waals surface area contributed by atoms with Crippen LogP contribution in [0.1, 0.15) is 0 Å². The first kappa shape index (κ1) is 20.4. The molecule has 0 N–H and O–H groups in total. The lowest BCUT2D eigenvalue weighted by Crippen LogP contribution is -2.04. The van der Waals surface area contributed by atoms with Gasteiger partial charge in [0.25, 0.3) is 0 Å². The standard InChI is InChI=1S/C31H21N5/c1-3-11-22(12-4-1)30-33-34-31(23-13-5-2-6-14-23)36(30)29-20-19-24(21-32-29)35-27-17-9-7-15-25(27)26-16-8-10-18-28(26)35/h1-21H. The van der Waals surface area contributed by atoms with Crippen molar-refractivity contribution >= 4 is 21.8 Å². The molecular formula is C31H21N5. The van der Waals surface area contributed by atoms with E-state index in [0.717, 1.165) is 45.3 Å². The lowest BCUT2D eigenvalue weighted by atomic mass is 10.2. The molecule has 0 radical (unpaired) electrons. The molecule has 0 aliphatic rings. The molecule has 0 atom stereocenters. The van der Waals surface area contributed by atoms with Gasteiger partial charge in [-0.05, 0) is 24.3 Å². The van der Waals surface area contributed by atoms with Crippen LogP contribution in [0.15, 0.2) is 128 Å². The fourth-order valence-corrected chi connectivity index (χ4v) is 4.89. The second-order valence-electron chi connectivity index (χ2n) is 8.66. The minimum absolute atomic E-state index is 0.756. The predicted octanol–water partition coefficient (Wildman–Crippen LogP) is 7.09. The molecule has 5 heteroatoms. The molecule has 3 aromatic heterocycles. The Balaban J connectivity index is 1.41. The van der Waals surface area contributed by atoms with Crippen molar-refractivity contribution in [3.8, 4) is 34.3 Å². The van der Waals surface area contributed by atoms with Gasteiger partial charge in [-0.3, -0.25) is 4.57 Å². The van der Waals surface area contributed by atoms with Crippen LogP contribution in [-0.2, 0) is 0 Å². The van der Waals surface area contributed by atoms with E-state index in [4.69, 9.17) is 4.98 Å². The first-order valence-electron chi connectivity index (χ1n) is 11.9. The van der Waals surface area contributed by atoms with E-state index < -0.39 is 0 Å². The van der Waals surface area contributed by atoms with Gasteiger partial charge in [0.05, 0.1) is 22.9 Å². The van der Waals surface area contributed by atoms with Gasteiger partial charge >= 0.3 is 0 Å². The molecule has 4 aromatic carbocycles. The van der Waals surface area contributed by atoms with Gasteiger partial charge in [0.2, 0.25) is 0 Å². The maximum Gasteiger partial charge on any atom is 0.170 e. The average molecular weight is 464 g/mol. The van der Waals surface area contributed by atoms with Crippen LogP contribution in [0.2, 0.25) is 0 Å². The Bertz CT molecular complexity index is 1700. The van der Waals surface area contributed by atoms with E-state index in [9.17, 15) is 0 Å². The summed E-state index contributed by atoms with van der Waals surface area (Å²) >= 11 is 0. The monoisotopic (exact) mass is 463 g/mol. The second kappa shape index (κ2) is 8.32. The molecule has 36 heavy (non-hydrogen) atoms. The molecule has 7 rings (SSSR count). The zero-order chi connectivity index (χ0) is 23.9. The Morgan fingerprint density at radius 3 is 1.44 bits per heavy atom. The van der Waals surface area contributed by atoms with Gasteiger partial charge in [-0.15, -0.1) is 10.2 Å². The lowest BCUT2D eigenvalue weighted by Gasteiger charge is -2.12. The van der Waals surface area contributed by atoms with Crippen LogP contribution in [0.3, 0.4) is 0 Å². The van der Waals surface area contributed by atoms with Crippen molar-refractivity contribution in [1.82, 2.24) is 24.3 Å². The molecule has 0 saturated carbocycles. The van der Waals surface area contributed by atoms with Crippen LogP contribution in [0.4, 0.5) is 0 Å². The topological polar surface area (TPSA) is 48.5 Å². The summed E-state index contributed by atoms with van der Waals surface area (Å²) in [6.45, 7) is 0. The van der Waals surface area contributed by atoms with Crippen molar-refractivity contribution in [2.45, 2.75) is 0 Å². The third-order valence-corrected chi connectivity index (χ3v) is 6.53. The van der Waals surface area contributed by atoms with Crippen LogP contribution >= 0.6 is 0 Å². The molecule has 0 amide bonds. The molecule has 7 aromatic rings. The minimum atomic E-state index is 0.756. The van der Waals surface area contributed by atoms with E-state index in [0.29, 0.717) is 0 Å². The van der Waals surface area contributed by atoms with Gasteiger partial charge in [0.1, 0.15) is 5.82 Å². The molecular weight excluding hydrogens is 442 g/mol. The van der Waals surface area contributed by atoms with Crippen LogP contribution in [0, 0.1) is 0 Å². The quantitative estimate of drug-likeness (QED) is 0.280. The van der Waals surface area contributed by atoms with Crippen LogP contribution in [-0.4, -0.2) is 24.3 Å². The number of benzene rings is 4. The number of hydrogen-bond donors (Lipinski definition) is 0. The van der Waals surface area contributed by atoms with Gasteiger partial charge < -0.3 is 4.57 Å². The summed E-state index contributed by atoms with van der Waals surface area (Å²) in [6, 6.07) is 41.4. The first-order chi connectivity index (χ1) is 17.9. The molecule has 0 unspecified atom stereocenters. The van der Waals surface area contributed by atoms with Gasteiger partial charge in [-0.2, -0.15) is 0 Å². The van der Waals surface area contributed by atoms with E-state index in [1.165, 1.54) is 10.8 Å². The maximum atomic E-state index is 4.93. The van der Waals surface area contributed by atoms with E-state index in [1.54, 1.807) is 0 Å². The predicted molar refractivity (Wildman–Crippen MR) is 144 cm³/mol. The van der Waals surface area contributed by atoms with Crippen LogP contribution < -0.4 is 0 Å². The molecule has 5 nitrogen and oxygen atoms in total. The van der Waals surface area contributed by atoms with E-state index in [1.807, 2.05) is 77.5 Å². The molecule has 170 valence electrons. The highest BCUT2D eigenvalue weighted by Crippen LogP contribution is 2.32. The van der Waals surface area contributed by atoms with E-state index >= 15 is 0 Å². The Hall–Kier alpha value is -5.03. The number of para-hydroxylation sites is 2. The number of pyridine rings is 1. The van der Waals surface area contributed by atoms with Crippen molar-refractivity contribution in [3.05, 3.63) is 128 Å². The van der Waals surface area contributed by atoms with Crippen molar-refractivity contribution in [3.63, 3.8) is 0 Å². The number of nitrogens with zero attached hydrogens (tertiary/aromatic N) is 5. The Labute approximate surface area is 207 Å². The third-order valence-electron chi connectivity index (χ3n) is 6.53. The highest BCUT2D eigenvalue weighted by atomic mass is 15.3. The smallest absolute Gasteiger partial charge is 0.170 e. The third kappa shape index (κ3) is 3.21. The molecule has 0 spiro atoms. The maximum absolute atomic E-state index is 4.93.